The Morgan fingerprint density at radius 2 is 0.882 bits per heavy atom. The van der Waals surface area contributed by atoms with Gasteiger partial charge in [-0.2, -0.15) is 0 Å². The molecule has 2 nitrogen and oxygen atoms in total. The number of hydrogen-bond acceptors (Lipinski definition) is 1. The number of benzene rings is 8. The summed E-state index contributed by atoms with van der Waals surface area (Å²) < 4.78 is 2.38. The lowest BCUT2D eigenvalue weighted by Gasteiger charge is -2.18. The second-order valence-corrected chi connectivity index (χ2v) is 13.3. The lowest BCUT2D eigenvalue weighted by Crippen LogP contribution is -2.10. The van der Waals surface area contributed by atoms with Crippen molar-refractivity contribution in [3.8, 4) is 50.2 Å². The first-order chi connectivity index (χ1) is 25.3. The Kier molecular flexibility index (Phi) is 6.92. The molecule has 1 aromatic heterocycles. The van der Waals surface area contributed by atoms with Gasteiger partial charge in [-0.15, -0.1) is 0 Å². The van der Waals surface area contributed by atoms with Crippen LogP contribution in [0, 0.1) is 0 Å². The molecule has 1 N–H and O–H groups in total. The van der Waals surface area contributed by atoms with Crippen molar-refractivity contribution >= 4 is 38.5 Å². The van der Waals surface area contributed by atoms with Crippen molar-refractivity contribution in [1.82, 2.24) is 9.88 Å². The Morgan fingerprint density at radius 1 is 0.392 bits per heavy atom. The molecule has 9 aromatic rings. The van der Waals surface area contributed by atoms with Crippen molar-refractivity contribution in [3.63, 3.8) is 0 Å². The summed E-state index contributed by atoms with van der Waals surface area (Å²) in [5.74, 6) is 0. The molecule has 2 heteroatoms. The van der Waals surface area contributed by atoms with E-state index in [1.54, 1.807) is 0 Å². The highest BCUT2D eigenvalue weighted by Gasteiger charge is 2.20. The first kappa shape index (κ1) is 29.3. The van der Waals surface area contributed by atoms with Crippen LogP contribution in [0.3, 0.4) is 0 Å². The van der Waals surface area contributed by atoms with Crippen LogP contribution in [0.5, 0.6) is 0 Å². The monoisotopic (exact) mass is 650 g/mol. The molecule has 0 radical (unpaired) electrons. The van der Waals surface area contributed by atoms with Gasteiger partial charge in [0.2, 0.25) is 0 Å². The summed E-state index contributed by atoms with van der Waals surface area (Å²) in [6, 6.07) is 64.2. The van der Waals surface area contributed by atoms with Crippen LogP contribution in [-0.4, -0.2) is 4.57 Å². The highest BCUT2D eigenvalue weighted by molar-refractivity contribution is 6.22. The molecule has 240 valence electrons. The fraction of sp³-hybridized carbons (Fsp3) is 0.0204. The van der Waals surface area contributed by atoms with Crippen molar-refractivity contribution in [2.45, 2.75) is 6.54 Å². The minimum absolute atomic E-state index is 0.818. The molecule has 1 aliphatic heterocycles. The highest BCUT2D eigenvalue weighted by atomic mass is 15.0. The molecule has 0 bridgehead atoms. The van der Waals surface area contributed by atoms with Crippen LogP contribution in [0.1, 0.15) is 11.3 Å². The maximum atomic E-state index is 3.44. The predicted molar refractivity (Wildman–Crippen MR) is 216 cm³/mol. The number of aromatic nitrogens is 1. The summed E-state index contributed by atoms with van der Waals surface area (Å²) in [7, 11) is 0. The topological polar surface area (TPSA) is 17.0 Å². The average molecular weight is 651 g/mol. The van der Waals surface area contributed by atoms with Crippen LogP contribution in [0.2, 0.25) is 0 Å². The molecule has 10 rings (SSSR count). The van der Waals surface area contributed by atoms with Crippen molar-refractivity contribution in [2.24, 2.45) is 0 Å². The fourth-order valence-corrected chi connectivity index (χ4v) is 8.11. The summed E-state index contributed by atoms with van der Waals surface area (Å²) in [6.45, 7) is 0.818. The van der Waals surface area contributed by atoms with Crippen molar-refractivity contribution in [1.29, 1.82) is 0 Å². The van der Waals surface area contributed by atoms with Crippen molar-refractivity contribution in [2.75, 3.05) is 0 Å². The number of para-hydroxylation sites is 1. The molecule has 0 saturated heterocycles. The number of nitrogens with one attached hydrogen (secondary N) is 1. The van der Waals surface area contributed by atoms with Crippen molar-refractivity contribution in [3.05, 3.63) is 193 Å². The Bertz CT molecular complexity index is 2760. The van der Waals surface area contributed by atoms with Crippen LogP contribution in [0.25, 0.3) is 88.7 Å². The van der Waals surface area contributed by atoms with E-state index in [4.69, 9.17) is 0 Å². The summed E-state index contributed by atoms with van der Waals surface area (Å²) >= 11 is 0. The molecule has 0 spiro atoms. The highest BCUT2D eigenvalue weighted by Crippen LogP contribution is 2.45. The van der Waals surface area contributed by atoms with Crippen LogP contribution in [0.4, 0.5) is 0 Å². The van der Waals surface area contributed by atoms with Crippen LogP contribution in [-0.2, 0) is 6.54 Å². The van der Waals surface area contributed by atoms with Gasteiger partial charge in [-0.3, -0.25) is 0 Å². The number of fused-ring (bicyclic) bond motifs is 5. The SMILES string of the molecule is C1=Cc2c(c3cc(-c4ccc(-c5ccc6c(-c7ccccc7)c7ccccc7c(-c7ccccc7)c6c5)cc4)ccc3n2-c2ccccc2)CN1. The summed E-state index contributed by atoms with van der Waals surface area (Å²) in [5, 5.41) is 9.80. The Labute approximate surface area is 297 Å². The third-order valence-corrected chi connectivity index (χ3v) is 10.5. The normalized spacial score (nSPS) is 12.3. The van der Waals surface area contributed by atoms with E-state index in [9.17, 15) is 0 Å². The third kappa shape index (κ3) is 4.87. The number of nitrogens with zero attached hydrogens (tertiary/aromatic N) is 1. The van der Waals surface area contributed by atoms with E-state index in [-0.39, 0.29) is 0 Å². The molecular formula is C49H34N2. The van der Waals surface area contributed by atoms with Crippen LogP contribution < -0.4 is 5.32 Å². The zero-order valence-electron chi connectivity index (χ0n) is 28.1. The molecule has 0 unspecified atom stereocenters. The average Bonchev–Trinajstić information content (AvgIpc) is 3.54. The lowest BCUT2D eigenvalue weighted by atomic mass is 9.85. The first-order valence-electron chi connectivity index (χ1n) is 17.6. The van der Waals surface area contributed by atoms with E-state index in [2.05, 4.69) is 198 Å². The molecular weight excluding hydrogens is 617 g/mol. The van der Waals surface area contributed by atoms with E-state index in [1.807, 2.05) is 0 Å². The minimum atomic E-state index is 0.818. The molecule has 0 fully saturated rings. The zero-order valence-corrected chi connectivity index (χ0v) is 28.1. The van der Waals surface area contributed by atoms with Gasteiger partial charge in [0, 0.05) is 23.2 Å². The van der Waals surface area contributed by atoms with E-state index < -0.39 is 0 Å². The van der Waals surface area contributed by atoms with Gasteiger partial charge in [0.25, 0.3) is 0 Å². The lowest BCUT2D eigenvalue weighted by molar-refractivity contribution is 0.855. The Balaban J connectivity index is 1.10. The molecule has 0 saturated carbocycles. The fourth-order valence-electron chi connectivity index (χ4n) is 8.11. The Hall–Kier alpha value is -6.64. The van der Waals surface area contributed by atoms with E-state index in [0.29, 0.717) is 0 Å². The molecule has 0 amide bonds. The predicted octanol–water partition coefficient (Wildman–Crippen LogP) is 12.7. The summed E-state index contributed by atoms with van der Waals surface area (Å²) in [6.07, 6.45) is 4.25. The van der Waals surface area contributed by atoms with Crippen LogP contribution >= 0.6 is 0 Å². The second-order valence-electron chi connectivity index (χ2n) is 13.3. The van der Waals surface area contributed by atoms with Gasteiger partial charge in [-0.1, -0.05) is 146 Å². The number of hydrogen-bond donors (Lipinski definition) is 1. The maximum absolute atomic E-state index is 3.44. The first-order valence-corrected chi connectivity index (χ1v) is 17.6. The molecule has 0 atom stereocenters. The maximum Gasteiger partial charge on any atom is 0.0538 e. The van der Waals surface area contributed by atoms with Crippen LogP contribution in [0.15, 0.2) is 182 Å². The van der Waals surface area contributed by atoms with Gasteiger partial charge >= 0.3 is 0 Å². The van der Waals surface area contributed by atoms with Gasteiger partial charge < -0.3 is 9.88 Å². The van der Waals surface area contributed by atoms with Gasteiger partial charge in [-0.25, -0.2) is 0 Å². The van der Waals surface area contributed by atoms with Gasteiger partial charge in [0.15, 0.2) is 0 Å². The third-order valence-electron chi connectivity index (χ3n) is 10.5. The van der Waals surface area contributed by atoms with Gasteiger partial charge in [0.05, 0.1) is 11.2 Å². The van der Waals surface area contributed by atoms with Crippen molar-refractivity contribution < 1.29 is 0 Å². The van der Waals surface area contributed by atoms with E-state index in [0.717, 1.165) is 6.54 Å². The summed E-state index contributed by atoms with van der Waals surface area (Å²) in [5.41, 5.74) is 14.9. The molecule has 8 aromatic carbocycles. The van der Waals surface area contributed by atoms with Gasteiger partial charge in [-0.05, 0) is 109 Å². The van der Waals surface area contributed by atoms with Gasteiger partial charge in [0.1, 0.15) is 0 Å². The Morgan fingerprint density at radius 3 is 1.51 bits per heavy atom. The minimum Gasteiger partial charge on any atom is -0.387 e. The largest absolute Gasteiger partial charge is 0.387 e. The molecule has 0 aliphatic carbocycles. The molecule has 2 heterocycles. The smallest absolute Gasteiger partial charge is 0.0538 e. The zero-order chi connectivity index (χ0) is 33.7. The second kappa shape index (κ2) is 12.0. The quantitative estimate of drug-likeness (QED) is 0.183. The van der Waals surface area contributed by atoms with E-state index >= 15 is 0 Å². The molecule has 51 heavy (non-hydrogen) atoms. The number of rotatable bonds is 5. The molecule has 1 aliphatic rings. The van der Waals surface area contributed by atoms with E-state index in [1.165, 1.54) is 93.9 Å². The standard InChI is InChI=1S/C49H34N2/c1-4-12-35(13-5-1)48-40-18-10-11-19-41(40)49(36-14-6-2-7-15-36)44-31-37(24-26-42(44)48)33-20-22-34(23-21-33)38-25-27-46-43(30-38)45-32-50-29-28-47(45)51(46)39-16-8-3-9-17-39/h1-31,50H,32H2. The summed E-state index contributed by atoms with van der Waals surface area (Å²) in [4.78, 5) is 0.